The first-order valence-electron chi connectivity index (χ1n) is 5.21. The van der Waals surface area contributed by atoms with Gasteiger partial charge in [-0.2, -0.15) is 21.6 Å². The molecule has 0 spiro atoms. The standard InChI is InChI=1S/C10H13IO.CHF3O3S/c1-10(2,3)12-9-6-4-8(11)5-7-9;2-1(3,4)8(5,6)7/h4-7H,1-3H3;(H,5,6,7). The lowest BCUT2D eigenvalue weighted by Gasteiger charge is -2.21. The van der Waals surface area contributed by atoms with Crippen molar-refractivity contribution < 1.29 is 30.9 Å². The summed E-state index contributed by atoms with van der Waals surface area (Å²) < 4.78 is 64.4. The highest BCUT2D eigenvalue weighted by Gasteiger charge is 2.44. The number of alkyl halides is 3. The van der Waals surface area contributed by atoms with Crippen LogP contribution in [0.15, 0.2) is 24.3 Å². The van der Waals surface area contributed by atoms with Crippen molar-refractivity contribution in [3.05, 3.63) is 27.8 Å². The van der Waals surface area contributed by atoms with E-state index in [9.17, 15) is 13.2 Å². The molecular weight excluding hydrogens is 412 g/mol. The Morgan fingerprint density at radius 3 is 1.70 bits per heavy atom. The molecule has 0 bridgehead atoms. The zero-order chi connectivity index (χ0) is 16.2. The molecule has 0 heterocycles. The van der Waals surface area contributed by atoms with E-state index in [-0.39, 0.29) is 5.60 Å². The maximum atomic E-state index is 10.7. The lowest BCUT2D eigenvalue weighted by atomic mass is 10.2. The number of benzene rings is 1. The van der Waals surface area contributed by atoms with Gasteiger partial charge in [0.2, 0.25) is 0 Å². The second-order valence-electron chi connectivity index (χ2n) is 4.59. The number of halogens is 4. The van der Waals surface area contributed by atoms with Gasteiger partial charge in [-0.15, -0.1) is 0 Å². The Labute approximate surface area is 129 Å². The molecule has 0 fully saturated rings. The van der Waals surface area contributed by atoms with E-state index in [4.69, 9.17) is 17.7 Å². The molecule has 0 saturated carbocycles. The summed E-state index contributed by atoms with van der Waals surface area (Å²) in [5.74, 6) is 0.933. The molecule has 0 radical (unpaired) electrons. The van der Waals surface area contributed by atoms with E-state index in [2.05, 4.69) is 22.6 Å². The maximum Gasteiger partial charge on any atom is 0.522 e. The summed E-state index contributed by atoms with van der Waals surface area (Å²) in [6, 6.07) is 8.07. The Bertz CT molecular complexity index is 518. The topological polar surface area (TPSA) is 63.6 Å². The van der Waals surface area contributed by atoms with Crippen LogP contribution in [0.25, 0.3) is 0 Å². The molecule has 0 aromatic heterocycles. The Balaban J connectivity index is 0.000000396. The third-order valence-electron chi connectivity index (χ3n) is 1.53. The lowest BCUT2D eigenvalue weighted by Crippen LogP contribution is -2.22. The molecule has 9 heteroatoms. The fourth-order valence-corrected chi connectivity index (χ4v) is 1.22. The second-order valence-corrected chi connectivity index (χ2v) is 7.25. The van der Waals surface area contributed by atoms with Crippen LogP contribution in [-0.4, -0.2) is 24.1 Å². The normalized spacial score (nSPS) is 12.4. The third-order valence-corrected chi connectivity index (χ3v) is 2.83. The number of hydrogen-bond donors (Lipinski definition) is 1. The zero-order valence-corrected chi connectivity index (χ0v) is 13.9. The molecule has 0 aliphatic carbocycles. The summed E-state index contributed by atoms with van der Waals surface area (Å²) in [6.07, 6.45) is 0. The monoisotopic (exact) mass is 426 g/mol. The summed E-state index contributed by atoms with van der Waals surface area (Å²) in [4.78, 5) is 0. The summed E-state index contributed by atoms with van der Waals surface area (Å²) >= 11 is 2.28. The average Bonchev–Trinajstić information content (AvgIpc) is 2.17. The molecule has 4 nitrogen and oxygen atoms in total. The van der Waals surface area contributed by atoms with E-state index in [1.54, 1.807) is 0 Å². The summed E-state index contributed by atoms with van der Waals surface area (Å²) in [5.41, 5.74) is -5.64. The van der Waals surface area contributed by atoms with Crippen molar-refractivity contribution in [1.29, 1.82) is 0 Å². The van der Waals surface area contributed by atoms with Gasteiger partial charge >= 0.3 is 15.6 Å². The number of rotatable bonds is 1. The van der Waals surface area contributed by atoms with Crippen LogP contribution >= 0.6 is 22.6 Å². The highest BCUT2D eigenvalue weighted by molar-refractivity contribution is 14.1. The molecule has 0 aliphatic rings. The van der Waals surface area contributed by atoms with E-state index < -0.39 is 15.6 Å². The Morgan fingerprint density at radius 2 is 1.45 bits per heavy atom. The molecule has 20 heavy (non-hydrogen) atoms. The summed E-state index contributed by atoms with van der Waals surface area (Å²) in [7, 11) is -5.84. The molecule has 1 N–H and O–H groups in total. The summed E-state index contributed by atoms with van der Waals surface area (Å²) in [6.45, 7) is 6.14. The smallest absolute Gasteiger partial charge is 0.488 e. The fraction of sp³-hybridized carbons (Fsp3) is 0.455. The SMILES string of the molecule is CC(C)(C)Oc1ccc(I)cc1.O=S(=O)(O)C(F)(F)F. The van der Waals surface area contributed by atoms with Gasteiger partial charge in [0.15, 0.2) is 0 Å². The highest BCUT2D eigenvalue weighted by atomic mass is 127. The molecular formula is C11H14F3IO4S. The van der Waals surface area contributed by atoms with Crippen LogP contribution in [0.5, 0.6) is 5.75 Å². The average molecular weight is 426 g/mol. The molecule has 1 aromatic rings. The van der Waals surface area contributed by atoms with Crippen LogP contribution in [0.4, 0.5) is 13.2 Å². The van der Waals surface area contributed by atoms with Crippen LogP contribution < -0.4 is 4.74 Å². The Morgan fingerprint density at radius 1 is 1.10 bits per heavy atom. The van der Waals surface area contributed by atoms with Gasteiger partial charge in [0.25, 0.3) is 0 Å². The minimum absolute atomic E-state index is 0.104. The second kappa shape index (κ2) is 6.94. The number of ether oxygens (including phenoxy) is 1. The quantitative estimate of drug-likeness (QED) is 0.421. The van der Waals surface area contributed by atoms with Crippen molar-refractivity contribution in [2.75, 3.05) is 0 Å². The van der Waals surface area contributed by atoms with Crippen molar-refractivity contribution >= 4 is 32.7 Å². The largest absolute Gasteiger partial charge is 0.522 e. The van der Waals surface area contributed by atoms with E-state index in [1.807, 2.05) is 45.0 Å². The van der Waals surface area contributed by atoms with Crippen molar-refractivity contribution in [1.82, 2.24) is 0 Å². The predicted octanol–water partition coefficient (Wildman–Crippen LogP) is 3.86. The maximum absolute atomic E-state index is 10.7. The molecule has 0 atom stereocenters. The van der Waals surface area contributed by atoms with Crippen molar-refractivity contribution in [2.24, 2.45) is 0 Å². The van der Waals surface area contributed by atoms with Crippen molar-refractivity contribution in [3.8, 4) is 5.75 Å². The lowest BCUT2D eigenvalue weighted by molar-refractivity contribution is -0.0510. The van der Waals surface area contributed by atoms with Crippen LogP contribution in [0.1, 0.15) is 20.8 Å². The molecule has 1 rings (SSSR count). The van der Waals surface area contributed by atoms with E-state index in [0.29, 0.717) is 0 Å². The fourth-order valence-electron chi connectivity index (χ4n) is 0.856. The van der Waals surface area contributed by atoms with Gasteiger partial charge in [0, 0.05) is 3.57 Å². The Kier molecular flexibility index (Phi) is 6.75. The van der Waals surface area contributed by atoms with Crippen LogP contribution in [0, 0.1) is 3.57 Å². The van der Waals surface area contributed by atoms with E-state index in [0.717, 1.165) is 5.75 Å². The van der Waals surface area contributed by atoms with Crippen molar-refractivity contribution in [2.45, 2.75) is 31.9 Å². The minimum Gasteiger partial charge on any atom is -0.488 e. The van der Waals surface area contributed by atoms with Crippen LogP contribution in [-0.2, 0) is 10.1 Å². The van der Waals surface area contributed by atoms with Gasteiger partial charge in [-0.3, -0.25) is 4.55 Å². The van der Waals surface area contributed by atoms with Gasteiger partial charge in [-0.05, 0) is 67.6 Å². The van der Waals surface area contributed by atoms with Gasteiger partial charge in [0.05, 0.1) is 0 Å². The molecule has 0 saturated heterocycles. The minimum atomic E-state index is -5.84. The zero-order valence-electron chi connectivity index (χ0n) is 10.9. The first-order valence-corrected chi connectivity index (χ1v) is 7.72. The van der Waals surface area contributed by atoms with Gasteiger partial charge in [-0.1, -0.05) is 0 Å². The molecule has 116 valence electrons. The van der Waals surface area contributed by atoms with Crippen LogP contribution in [0.2, 0.25) is 0 Å². The summed E-state index contributed by atoms with van der Waals surface area (Å²) in [5, 5.41) is 0. The molecule has 0 amide bonds. The molecule has 1 aromatic carbocycles. The predicted molar refractivity (Wildman–Crippen MR) is 77.1 cm³/mol. The van der Waals surface area contributed by atoms with E-state index in [1.165, 1.54) is 3.57 Å². The number of hydrogen-bond acceptors (Lipinski definition) is 3. The van der Waals surface area contributed by atoms with Gasteiger partial charge < -0.3 is 4.74 Å². The first kappa shape index (κ1) is 19.4. The third kappa shape index (κ3) is 8.59. The van der Waals surface area contributed by atoms with Gasteiger partial charge in [0.1, 0.15) is 11.4 Å². The van der Waals surface area contributed by atoms with Crippen molar-refractivity contribution in [3.63, 3.8) is 0 Å². The van der Waals surface area contributed by atoms with E-state index >= 15 is 0 Å². The van der Waals surface area contributed by atoms with Crippen LogP contribution in [0.3, 0.4) is 0 Å². The van der Waals surface area contributed by atoms with Gasteiger partial charge in [-0.25, -0.2) is 0 Å². The first-order chi connectivity index (χ1) is 8.72. The highest BCUT2D eigenvalue weighted by Crippen LogP contribution is 2.20. The molecule has 0 unspecified atom stereocenters. The molecule has 0 aliphatic heterocycles. The Hall–Kier alpha value is -0.550.